The van der Waals surface area contributed by atoms with Crippen LogP contribution in [-0.4, -0.2) is 107 Å². The van der Waals surface area contributed by atoms with E-state index in [1.807, 2.05) is 0 Å². The van der Waals surface area contributed by atoms with Crippen LogP contribution < -0.4 is 0 Å². The van der Waals surface area contributed by atoms with Crippen molar-refractivity contribution in [3.05, 3.63) is 35.8 Å². The molecule has 1 aromatic carbocycles. The van der Waals surface area contributed by atoms with E-state index >= 15 is 0 Å². The summed E-state index contributed by atoms with van der Waals surface area (Å²) in [7, 11) is 1.41. The molecule has 16 heteroatoms. The van der Waals surface area contributed by atoms with E-state index in [0.29, 0.717) is 23.9 Å². The number of benzene rings is 1. The maximum absolute atomic E-state index is 13.7. The number of amides is 1. The van der Waals surface area contributed by atoms with E-state index in [0.717, 1.165) is 10.9 Å². The van der Waals surface area contributed by atoms with Crippen molar-refractivity contribution in [1.29, 1.82) is 0 Å². The normalized spacial score (nSPS) is 28.5. The molecule has 216 valence electrons. The summed E-state index contributed by atoms with van der Waals surface area (Å²) in [4.78, 5) is 14.3. The van der Waals surface area contributed by atoms with Crippen LogP contribution in [0.3, 0.4) is 0 Å². The van der Waals surface area contributed by atoms with Gasteiger partial charge in [0.15, 0.2) is 17.5 Å². The van der Waals surface area contributed by atoms with Crippen molar-refractivity contribution in [2.24, 2.45) is 0 Å². The second-order valence-electron chi connectivity index (χ2n) is 9.72. The number of aliphatic hydroxyl groups is 4. The molecular weight excluding hydrogens is 555 g/mol. The standard InChI is InChI=1S/C23H27F5N4O6S/c1-3-31(2)20(36)19(22(37)8-23(27,28)9-22)39-21-18(35)16(17(34)14(7-33)38-21)32-6-13(29-30-32)10-4-11(24)15(26)12(25)5-10/h4-6,14,16-19,21,33-35,37H,3,7-9H2,1-2H3/t14-,16+,17+,18-,19+,21+/m1/s1. The molecule has 4 N–H and O–H groups in total. The number of thioether (sulfide) groups is 1. The number of ether oxygens (including phenoxy) is 1. The zero-order chi connectivity index (χ0) is 28.9. The minimum atomic E-state index is -3.19. The fraction of sp³-hybridized carbons (Fsp3) is 0.609. The molecule has 2 aliphatic rings. The maximum atomic E-state index is 13.7. The lowest BCUT2D eigenvalue weighted by molar-refractivity contribution is -0.206. The van der Waals surface area contributed by atoms with E-state index in [1.165, 1.54) is 11.9 Å². The second-order valence-corrected chi connectivity index (χ2v) is 10.9. The van der Waals surface area contributed by atoms with Crippen molar-refractivity contribution in [3.8, 4) is 11.3 Å². The molecule has 2 heterocycles. The van der Waals surface area contributed by atoms with E-state index in [4.69, 9.17) is 4.74 Å². The molecule has 0 spiro atoms. The third kappa shape index (κ3) is 5.63. The summed E-state index contributed by atoms with van der Waals surface area (Å²) < 4.78 is 74.8. The first-order valence-electron chi connectivity index (χ1n) is 11.9. The van der Waals surface area contributed by atoms with Crippen molar-refractivity contribution in [3.63, 3.8) is 0 Å². The molecule has 1 amide bonds. The molecule has 1 aliphatic heterocycles. The van der Waals surface area contributed by atoms with Crippen molar-refractivity contribution < 1.29 is 51.9 Å². The number of carbonyl (C=O) groups is 1. The zero-order valence-corrected chi connectivity index (χ0v) is 21.5. The molecule has 6 atom stereocenters. The summed E-state index contributed by atoms with van der Waals surface area (Å²) in [6.07, 6.45) is -5.52. The fourth-order valence-electron chi connectivity index (χ4n) is 4.69. The van der Waals surface area contributed by atoms with Crippen LogP contribution in [-0.2, 0) is 9.53 Å². The average Bonchev–Trinajstić information content (AvgIpc) is 3.34. The first-order valence-corrected chi connectivity index (χ1v) is 12.9. The quantitative estimate of drug-likeness (QED) is 0.266. The van der Waals surface area contributed by atoms with E-state index in [-0.39, 0.29) is 17.8 Å². The van der Waals surface area contributed by atoms with Gasteiger partial charge in [-0.05, 0) is 19.1 Å². The third-order valence-corrected chi connectivity index (χ3v) is 8.48. The molecule has 1 aliphatic carbocycles. The number of rotatable bonds is 8. The number of hydrogen-bond acceptors (Lipinski definition) is 9. The smallest absolute Gasteiger partial charge is 0.253 e. The van der Waals surface area contributed by atoms with Crippen LogP contribution in [0.25, 0.3) is 11.3 Å². The summed E-state index contributed by atoms with van der Waals surface area (Å²) in [5.41, 5.74) is -3.89. The van der Waals surface area contributed by atoms with E-state index in [2.05, 4.69) is 10.3 Å². The first-order chi connectivity index (χ1) is 18.2. The van der Waals surface area contributed by atoms with E-state index in [1.54, 1.807) is 6.92 Å². The number of hydrogen-bond donors (Lipinski definition) is 4. The minimum Gasteiger partial charge on any atom is -0.394 e. The second kappa shape index (κ2) is 10.9. The molecule has 39 heavy (non-hydrogen) atoms. The molecule has 1 saturated carbocycles. The molecule has 0 bridgehead atoms. The van der Waals surface area contributed by atoms with Gasteiger partial charge in [-0.2, -0.15) is 0 Å². The Labute approximate surface area is 223 Å². The Bertz CT molecular complexity index is 1190. The number of nitrogens with zero attached hydrogens (tertiary/aromatic N) is 4. The summed E-state index contributed by atoms with van der Waals surface area (Å²) in [6, 6.07) is -0.0512. The van der Waals surface area contributed by atoms with Crippen LogP contribution in [0.2, 0.25) is 0 Å². The van der Waals surface area contributed by atoms with Crippen LogP contribution in [0.15, 0.2) is 18.3 Å². The lowest BCUT2D eigenvalue weighted by Crippen LogP contribution is -2.63. The van der Waals surface area contributed by atoms with Gasteiger partial charge in [-0.25, -0.2) is 26.6 Å². The molecule has 2 fully saturated rings. The number of aromatic nitrogens is 3. The molecule has 2 aromatic rings. The number of alkyl halides is 2. The lowest BCUT2D eigenvalue weighted by atomic mass is 9.74. The van der Waals surface area contributed by atoms with Crippen LogP contribution >= 0.6 is 11.8 Å². The van der Waals surface area contributed by atoms with Crippen LogP contribution in [0.1, 0.15) is 25.8 Å². The Kier molecular flexibility index (Phi) is 8.27. The Morgan fingerprint density at radius 3 is 2.38 bits per heavy atom. The molecular formula is C23H27F5N4O6S. The molecule has 0 unspecified atom stereocenters. The predicted octanol–water partition coefficient (Wildman–Crippen LogP) is 1.08. The summed E-state index contributed by atoms with van der Waals surface area (Å²) in [5, 5.41) is 48.7. The van der Waals surface area contributed by atoms with Gasteiger partial charge >= 0.3 is 0 Å². The summed E-state index contributed by atoms with van der Waals surface area (Å²) in [6.45, 7) is 1.08. The molecule has 10 nitrogen and oxygen atoms in total. The van der Waals surface area contributed by atoms with Crippen LogP contribution in [0, 0.1) is 17.5 Å². The predicted molar refractivity (Wildman–Crippen MR) is 126 cm³/mol. The van der Waals surface area contributed by atoms with Gasteiger partial charge in [-0.3, -0.25) is 4.79 Å². The topological polar surface area (TPSA) is 141 Å². The van der Waals surface area contributed by atoms with Gasteiger partial charge in [-0.15, -0.1) is 16.9 Å². The van der Waals surface area contributed by atoms with Gasteiger partial charge in [0, 0.05) is 32.0 Å². The Morgan fingerprint density at radius 2 is 1.85 bits per heavy atom. The van der Waals surface area contributed by atoms with E-state index < -0.39 is 89.4 Å². The van der Waals surface area contributed by atoms with Crippen molar-refractivity contribution in [2.75, 3.05) is 20.2 Å². The van der Waals surface area contributed by atoms with Crippen LogP contribution in [0.5, 0.6) is 0 Å². The fourth-order valence-corrected chi connectivity index (χ4v) is 6.20. The Morgan fingerprint density at radius 1 is 1.23 bits per heavy atom. The van der Waals surface area contributed by atoms with Gasteiger partial charge < -0.3 is 30.1 Å². The van der Waals surface area contributed by atoms with Gasteiger partial charge in [-0.1, -0.05) is 5.21 Å². The Balaban J connectivity index is 1.64. The SMILES string of the molecule is CCN(C)C(=O)[C@H](S[C@@H]1O[C@H](CO)[C@H](O)[C@H](n2cc(-c3cc(F)c(F)c(F)c3)nn2)[C@H]1O)C1(O)CC(F)(F)C1. The van der Waals surface area contributed by atoms with Gasteiger partial charge in [0.1, 0.15) is 40.7 Å². The average molecular weight is 583 g/mol. The van der Waals surface area contributed by atoms with Crippen molar-refractivity contribution >= 4 is 17.7 Å². The highest BCUT2D eigenvalue weighted by Gasteiger charge is 2.63. The highest BCUT2D eigenvalue weighted by molar-refractivity contribution is 8.01. The zero-order valence-electron chi connectivity index (χ0n) is 20.7. The number of aliphatic hydroxyl groups excluding tert-OH is 3. The summed E-state index contributed by atoms with van der Waals surface area (Å²) in [5.74, 6) is -8.52. The largest absolute Gasteiger partial charge is 0.394 e. The summed E-state index contributed by atoms with van der Waals surface area (Å²) >= 11 is 0.566. The molecule has 1 aromatic heterocycles. The number of carbonyl (C=O) groups excluding carboxylic acids is 1. The third-order valence-electron chi connectivity index (χ3n) is 6.91. The first kappa shape index (κ1) is 29.6. The Hall–Kier alpha value is -2.37. The molecule has 0 radical (unpaired) electrons. The van der Waals surface area contributed by atoms with Crippen molar-refractivity contribution in [1.82, 2.24) is 19.9 Å². The van der Waals surface area contributed by atoms with E-state index in [9.17, 15) is 47.2 Å². The lowest BCUT2D eigenvalue weighted by Gasteiger charge is -2.49. The molecule has 4 rings (SSSR count). The minimum absolute atomic E-state index is 0.146. The maximum Gasteiger partial charge on any atom is 0.253 e. The number of halogens is 5. The molecule has 1 saturated heterocycles. The van der Waals surface area contributed by atoms with Crippen LogP contribution in [0.4, 0.5) is 22.0 Å². The highest BCUT2D eigenvalue weighted by atomic mass is 32.2. The monoisotopic (exact) mass is 582 g/mol. The van der Waals surface area contributed by atoms with Crippen molar-refractivity contribution in [2.45, 2.75) is 66.3 Å². The van der Waals surface area contributed by atoms with Gasteiger partial charge in [0.05, 0.1) is 18.4 Å². The van der Waals surface area contributed by atoms with Gasteiger partial charge in [0.25, 0.3) is 5.92 Å². The highest BCUT2D eigenvalue weighted by Crippen LogP contribution is 2.52. The van der Waals surface area contributed by atoms with Gasteiger partial charge in [0.2, 0.25) is 5.91 Å².